The van der Waals surface area contributed by atoms with Gasteiger partial charge < -0.3 is 4.74 Å². The molecular weight excluding hydrogens is 323 g/mol. The van der Waals surface area contributed by atoms with Gasteiger partial charge in [0.2, 0.25) is 5.88 Å². The molecule has 0 aromatic carbocycles. The maximum absolute atomic E-state index is 13.3. The van der Waals surface area contributed by atoms with E-state index in [1.165, 1.54) is 6.20 Å². The summed E-state index contributed by atoms with van der Waals surface area (Å²) in [5.41, 5.74) is -0.841. The number of aromatic nitrogens is 4. The summed E-state index contributed by atoms with van der Waals surface area (Å²) in [5, 5.41) is 15.4. The number of hydrogen-bond acceptors (Lipinski definition) is 5. The number of H-pyrrole nitrogens is 1. The highest BCUT2D eigenvalue weighted by Gasteiger charge is 2.35. The lowest BCUT2D eigenvalue weighted by molar-refractivity contribution is -0.137. The van der Waals surface area contributed by atoms with Gasteiger partial charge in [-0.25, -0.2) is 9.97 Å². The molecule has 0 atom stereocenters. The van der Waals surface area contributed by atoms with Crippen molar-refractivity contribution in [2.75, 3.05) is 6.61 Å². The van der Waals surface area contributed by atoms with Crippen LogP contribution in [-0.4, -0.2) is 26.8 Å². The fourth-order valence-corrected chi connectivity index (χ4v) is 2.17. The van der Waals surface area contributed by atoms with Crippen LogP contribution in [0.15, 0.2) is 30.5 Å². The Kier molecular flexibility index (Phi) is 4.04. The van der Waals surface area contributed by atoms with Gasteiger partial charge in [-0.05, 0) is 18.2 Å². The first-order valence-electron chi connectivity index (χ1n) is 6.88. The molecule has 6 nitrogen and oxygen atoms in total. The van der Waals surface area contributed by atoms with E-state index in [9.17, 15) is 13.2 Å². The lowest BCUT2D eigenvalue weighted by atomic mass is 10.1. The minimum absolute atomic E-state index is 0.000102. The average molecular weight is 333 g/mol. The van der Waals surface area contributed by atoms with Crippen LogP contribution in [0.2, 0.25) is 0 Å². The number of hydrogen-bond donors (Lipinski definition) is 1. The van der Waals surface area contributed by atoms with Crippen molar-refractivity contribution in [3.8, 4) is 23.3 Å². The first kappa shape index (κ1) is 15.7. The lowest BCUT2D eigenvalue weighted by Crippen LogP contribution is -2.10. The Balaban J connectivity index is 2.12. The van der Waals surface area contributed by atoms with E-state index >= 15 is 0 Å². The van der Waals surface area contributed by atoms with Crippen molar-refractivity contribution in [1.82, 2.24) is 20.2 Å². The number of aromatic amines is 1. The van der Waals surface area contributed by atoms with E-state index in [1.54, 1.807) is 12.1 Å². The molecule has 0 saturated carbocycles. The summed E-state index contributed by atoms with van der Waals surface area (Å²) in [6.07, 6.45) is -2.99. The number of alkyl halides is 3. The van der Waals surface area contributed by atoms with Crippen molar-refractivity contribution in [3.05, 3.63) is 36.0 Å². The van der Waals surface area contributed by atoms with Gasteiger partial charge in [-0.2, -0.15) is 23.5 Å². The number of rotatable bonds is 4. The molecule has 0 amide bonds. The van der Waals surface area contributed by atoms with Crippen LogP contribution in [0.4, 0.5) is 13.2 Å². The highest BCUT2D eigenvalue weighted by atomic mass is 19.4. The lowest BCUT2D eigenvalue weighted by Gasteiger charge is -2.13. The van der Waals surface area contributed by atoms with E-state index < -0.39 is 11.7 Å². The standard InChI is InChI=1S/C15H10F3N5O/c16-15(17,18)10-4-5-11(24-8-2-6-19)21-13(10)12-9-3-1-7-20-14(9)23-22-12/h1,3-5,7H,2,8H2,(H,20,22,23). The second-order valence-electron chi connectivity index (χ2n) is 4.77. The summed E-state index contributed by atoms with van der Waals surface area (Å²) in [6, 6.07) is 7.11. The van der Waals surface area contributed by atoms with Crippen molar-refractivity contribution >= 4 is 11.0 Å². The van der Waals surface area contributed by atoms with Crippen LogP contribution in [0, 0.1) is 11.3 Å². The van der Waals surface area contributed by atoms with Crippen molar-refractivity contribution in [1.29, 1.82) is 5.26 Å². The molecule has 0 radical (unpaired) electrons. The number of pyridine rings is 2. The Morgan fingerprint density at radius 2 is 2.08 bits per heavy atom. The van der Waals surface area contributed by atoms with Crippen molar-refractivity contribution < 1.29 is 17.9 Å². The smallest absolute Gasteiger partial charge is 0.418 e. The molecule has 0 aliphatic heterocycles. The summed E-state index contributed by atoms with van der Waals surface area (Å²) >= 11 is 0. The van der Waals surface area contributed by atoms with E-state index in [2.05, 4.69) is 20.2 Å². The SMILES string of the molecule is N#CCCOc1ccc(C(F)(F)F)c(-c2[nH]nc3ncccc23)n1. The zero-order chi connectivity index (χ0) is 17.2. The summed E-state index contributed by atoms with van der Waals surface area (Å²) < 4.78 is 45.1. The summed E-state index contributed by atoms with van der Waals surface area (Å²) in [5.74, 6) is -0.000102. The second-order valence-corrected chi connectivity index (χ2v) is 4.77. The van der Waals surface area contributed by atoms with Gasteiger partial charge in [0.1, 0.15) is 12.3 Å². The molecule has 3 rings (SSSR count). The Hall–Kier alpha value is -3.15. The molecule has 24 heavy (non-hydrogen) atoms. The van der Waals surface area contributed by atoms with Gasteiger partial charge >= 0.3 is 6.18 Å². The molecule has 0 aliphatic rings. The van der Waals surface area contributed by atoms with Gasteiger partial charge in [-0.1, -0.05) is 0 Å². The van der Waals surface area contributed by atoms with Crippen molar-refractivity contribution in [3.63, 3.8) is 0 Å². The number of fused-ring (bicyclic) bond motifs is 1. The molecule has 0 bridgehead atoms. The number of nitrogens with zero attached hydrogens (tertiary/aromatic N) is 4. The minimum atomic E-state index is -4.59. The molecule has 122 valence electrons. The van der Waals surface area contributed by atoms with Crippen LogP contribution in [0.1, 0.15) is 12.0 Å². The molecule has 3 heterocycles. The van der Waals surface area contributed by atoms with Gasteiger partial charge in [0.25, 0.3) is 0 Å². The number of nitrogens with one attached hydrogen (secondary N) is 1. The molecule has 0 spiro atoms. The molecule has 0 fully saturated rings. The van der Waals surface area contributed by atoms with Crippen molar-refractivity contribution in [2.24, 2.45) is 0 Å². The monoisotopic (exact) mass is 333 g/mol. The molecular formula is C15H10F3N5O. The van der Waals surface area contributed by atoms with E-state index in [0.29, 0.717) is 11.0 Å². The highest BCUT2D eigenvalue weighted by molar-refractivity contribution is 5.90. The Labute approximate surface area is 133 Å². The zero-order valence-electron chi connectivity index (χ0n) is 12.1. The van der Waals surface area contributed by atoms with Crippen LogP contribution in [0.5, 0.6) is 5.88 Å². The third kappa shape index (κ3) is 2.99. The summed E-state index contributed by atoms with van der Waals surface area (Å²) in [7, 11) is 0. The Bertz CT molecular complexity index is 913. The zero-order valence-corrected chi connectivity index (χ0v) is 12.1. The highest BCUT2D eigenvalue weighted by Crippen LogP contribution is 2.38. The molecule has 0 saturated heterocycles. The van der Waals surface area contributed by atoms with Gasteiger partial charge in [-0.3, -0.25) is 5.10 Å². The largest absolute Gasteiger partial charge is 0.477 e. The van der Waals surface area contributed by atoms with Crippen LogP contribution in [0.25, 0.3) is 22.4 Å². The normalized spacial score (nSPS) is 11.4. The Morgan fingerprint density at radius 1 is 1.25 bits per heavy atom. The van der Waals surface area contributed by atoms with Crippen molar-refractivity contribution in [2.45, 2.75) is 12.6 Å². The predicted molar refractivity (Wildman–Crippen MR) is 77.8 cm³/mol. The fourth-order valence-electron chi connectivity index (χ4n) is 2.17. The van der Waals surface area contributed by atoms with Gasteiger partial charge in [0.05, 0.1) is 23.7 Å². The van der Waals surface area contributed by atoms with Crippen LogP contribution >= 0.6 is 0 Å². The van der Waals surface area contributed by atoms with Crippen LogP contribution < -0.4 is 4.74 Å². The summed E-state index contributed by atoms with van der Waals surface area (Å²) in [6.45, 7) is 0.0413. The van der Waals surface area contributed by atoms with Gasteiger partial charge in [0.15, 0.2) is 5.65 Å². The Morgan fingerprint density at radius 3 is 2.83 bits per heavy atom. The third-order valence-corrected chi connectivity index (χ3v) is 3.21. The molecule has 1 N–H and O–H groups in total. The number of halogens is 3. The van der Waals surface area contributed by atoms with Crippen LogP contribution in [0.3, 0.4) is 0 Å². The summed E-state index contributed by atoms with van der Waals surface area (Å²) in [4.78, 5) is 7.94. The average Bonchev–Trinajstić information content (AvgIpc) is 2.98. The quantitative estimate of drug-likeness (QED) is 0.740. The number of nitriles is 1. The predicted octanol–water partition coefficient (Wildman–Crippen LogP) is 3.33. The minimum Gasteiger partial charge on any atom is -0.477 e. The van der Waals surface area contributed by atoms with E-state index in [-0.39, 0.29) is 30.3 Å². The van der Waals surface area contributed by atoms with E-state index in [4.69, 9.17) is 10.00 Å². The molecule has 0 aliphatic carbocycles. The first-order valence-corrected chi connectivity index (χ1v) is 6.88. The van der Waals surface area contributed by atoms with Gasteiger partial charge in [0, 0.05) is 17.6 Å². The number of ether oxygens (including phenoxy) is 1. The van der Waals surface area contributed by atoms with Crippen LogP contribution in [-0.2, 0) is 6.18 Å². The topological polar surface area (TPSA) is 87.5 Å². The molecule has 0 unspecified atom stereocenters. The molecule has 3 aromatic heterocycles. The van der Waals surface area contributed by atoms with E-state index in [1.807, 2.05) is 6.07 Å². The maximum atomic E-state index is 13.3. The molecule has 9 heteroatoms. The maximum Gasteiger partial charge on any atom is 0.418 e. The van der Waals surface area contributed by atoms with E-state index in [0.717, 1.165) is 12.1 Å². The third-order valence-electron chi connectivity index (χ3n) is 3.21. The first-order chi connectivity index (χ1) is 11.5. The fraction of sp³-hybridized carbons (Fsp3) is 0.200. The van der Waals surface area contributed by atoms with Gasteiger partial charge in [-0.15, -0.1) is 0 Å². The second kappa shape index (κ2) is 6.16. The molecule has 3 aromatic rings.